The number of hydrogen-bond acceptors (Lipinski definition) is 3. The largest absolute Gasteiger partial charge is 0.322 e. The summed E-state index contributed by atoms with van der Waals surface area (Å²) >= 11 is 0. The standard InChI is InChI=1S/C21H19N3O2/c1-14-7-6-10-18(15(14)2)24-21(26)19-13-16(11-12-22-19)20(25)23-17-8-4-3-5-9-17/h3-13H,1-2H3,(H,23,25)(H,24,26). The van der Waals surface area contributed by atoms with Gasteiger partial charge in [-0.2, -0.15) is 0 Å². The Morgan fingerprint density at radius 3 is 2.38 bits per heavy atom. The first-order valence-electron chi connectivity index (χ1n) is 8.24. The number of anilines is 2. The molecule has 0 bridgehead atoms. The van der Waals surface area contributed by atoms with Gasteiger partial charge in [0.25, 0.3) is 11.8 Å². The van der Waals surface area contributed by atoms with E-state index >= 15 is 0 Å². The number of amides is 2. The molecule has 3 rings (SSSR count). The fourth-order valence-corrected chi connectivity index (χ4v) is 2.49. The molecule has 0 radical (unpaired) electrons. The molecule has 0 aliphatic heterocycles. The molecule has 1 aromatic heterocycles. The maximum absolute atomic E-state index is 12.5. The summed E-state index contributed by atoms with van der Waals surface area (Å²) < 4.78 is 0. The van der Waals surface area contributed by atoms with E-state index in [1.54, 1.807) is 18.2 Å². The van der Waals surface area contributed by atoms with E-state index in [9.17, 15) is 9.59 Å². The van der Waals surface area contributed by atoms with E-state index in [4.69, 9.17) is 0 Å². The Kier molecular flexibility index (Phi) is 5.08. The summed E-state index contributed by atoms with van der Waals surface area (Å²) in [5.74, 6) is -0.646. The van der Waals surface area contributed by atoms with Gasteiger partial charge in [-0.3, -0.25) is 14.6 Å². The van der Waals surface area contributed by atoms with Crippen molar-refractivity contribution in [1.82, 2.24) is 4.98 Å². The van der Waals surface area contributed by atoms with Crippen molar-refractivity contribution in [3.05, 3.63) is 89.2 Å². The molecule has 26 heavy (non-hydrogen) atoms. The number of aryl methyl sites for hydroxylation is 1. The van der Waals surface area contributed by atoms with Gasteiger partial charge in [0.1, 0.15) is 5.69 Å². The highest BCUT2D eigenvalue weighted by molar-refractivity contribution is 6.08. The SMILES string of the molecule is Cc1cccc(NC(=O)c2cc(C(=O)Nc3ccccc3)ccn2)c1C. The van der Waals surface area contributed by atoms with Crippen molar-refractivity contribution in [3.63, 3.8) is 0 Å². The van der Waals surface area contributed by atoms with Crippen LogP contribution in [0.15, 0.2) is 66.9 Å². The minimum Gasteiger partial charge on any atom is -0.322 e. The molecule has 1 heterocycles. The summed E-state index contributed by atoms with van der Waals surface area (Å²) in [4.78, 5) is 29.0. The molecule has 2 N–H and O–H groups in total. The predicted octanol–water partition coefficient (Wildman–Crippen LogP) is 4.20. The lowest BCUT2D eigenvalue weighted by Gasteiger charge is -2.10. The van der Waals surface area contributed by atoms with Crippen LogP contribution in [0.1, 0.15) is 32.0 Å². The molecule has 2 amide bonds. The maximum Gasteiger partial charge on any atom is 0.274 e. The Hall–Kier alpha value is -3.47. The lowest BCUT2D eigenvalue weighted by atomic mass is 10.1. The summed E-state index contributed by atoms with van der Waals surface area (Å²) in [7, 11) is 0. The molecule has 0 saturated carbocycles. The van der Waals surface area contributed by atoms with E-state index in [-0.39, 0.29) is 17.5 Å². The van der Waals surface area contributed by atoms with Gasteiger partial charge in [-0.05, 0) is 55.3 Å². The number of hydrogen-bond donors (Lipinski definition) is 2. The number of para-hydroxylation sites is 1. The summed E-state index contributed by atoms with van der Waals surface area (Å²) in [6, 6.07) is 17.9. The van der Waals surface area contributed by atoms with Crippen LogP contribution in [-0.2, 0) is 0 Å². The van der Waals surface area contributed by atoms with Crippen LogP contribution in [-0.4, -0.2) is 16.8 Å². The molecule has 0 saturated heterocycles. The highest BCUT2D eigenvalue weighted by Gasteiger charge is 2.13. The fourth-order valence-electron chi connectivity index (χ4n) is 2.49. The van der Waals surface area contributed by atoms with Crippen molar-refractivity contribution in [2.45, 2.75) is 13.8 Å². The van der Waals surface area contributed by atoms with E-state index in [0.717, 1.165) is 16.8 Å². The Labute approximate surface area is 152 Å². The second kappa shape index (κ2) is 7.61. The van der Waals surface area contributed by atoms with Crippen LogP contribution < -0.4 is 10.6 Å². The highest BCUT2D eigenvalue weighted by atomic mass is 16.2. The summed E-state index contributed by atoms with van der Waals surface area (Å²) in [5, 5.41) is 5.64. The van der Waals surface area contributed by atoms with Crippen molar-refractivity contribution in [3.8, 4) is 0 Å². The van der Waals surface area contributed by atoms with Crippen LogP contribution in [0.4, 0.5) is 11.4 Å². The molecule has 0 fully saturated rings. The van der Waals surface area contributed by atoms with Crippen molar-refractivity contribution < 1.29 is 9.59 Å². The molecule has 3 aromatic rings. The lowest BCUT2D eigenvalue weighted by molar-refractivity contribution is 0.102. The van der Waals surface area contributed by atoms with Gasteiger partial charge in [-0.25, -0.2) is 0 Å². The first-order chi connectivity index (χ1) is 12.5. The number of benzene rings is 2. The topological polar surface area (TPSA) is 71.1 Å². The Morgan fingerprint density at radius 1 is 0.846 bits per heavy atom. The Bertz CT molecular complexity index is 952. The predicted molar refractivity (Wildman–Crippen MR) is 103 cm³/mol. The van der Waals surface area contributed by atoms with Gasteiger partial charge in [0.05, 0.1) is 0 Å². The molecule has 0 spiro atoms. The number of carbonyl (C=O) groups excluding carboxylic acids is 2. The molecule has 5 nitrogen and oxygen atoms in total. The fraction of sp³-hybridized carbons (Fsp3) is 0.0952. The second-order valence-corrected chi connectivity index (χ2v) is 5.95. The average Bonchev–Trinajstić information content (AvgIpc) is 2.66. The molecule has 0 aliphatic rings. The van der Waals surface area contributed by atoms with Gasteiger partial charge in [0, 0.05) is 23.1 Å². The molecule has 5 heteroatoms. The van der Waals surface area contributed by atoms with Crippen LogP contribution in [0.5, 0.6) is 0 Å². The van der Waals surface area contributed by atoms with Gasteiger partial charge in [0.2, 0.25) is 0 Å². The smallest absolute Gasteiger partial charge is 0.274 e. The minimum atomic E-state index is -0.354. The Balaban J connectivity index is 1.77. The van der Waals surface area contributed by atoms with Crippen LogP contribution in [0, 0.1) is 13.8 Å². The number of nitrogens with zero attached hydrogens (tertiary/aromatic N) is 1. The van der Waals surface area contributed by atoms with Crippen molar-refractivity contribution in [2.24, 2.45) is 0 Å². The lowest BCUT2D eigenvalue weighted by Crippen LogP contribution is -2.17. The van der Waals surface area contributed by atoms with Crippen LogP contribution in [0.3, 0.4) is 0 Å². The van der Waals surface area contributed by atoms with Crippen molar-refractivity contribution in [2.75, 3.05) is 10.6 Å². The molecule has 2 aromatic carbocycles. The Morgan fingerprint density at radius 2 is 1.62 bits per heavy atom. The number of aromatic nitrogens is 1. The minimum absolute atomic E-state index is 0.187. The summed E-state index contributed by atoms with van der Waals surface area (Å²) in [6.45, 7) is 3.93. The van der Waals surface area contributed by atoms with E-state index in [2.05, 4.69) is 15.6 Å². The number of nitrogens with one attached hydrogen (secondary N) is 2. The highest BCUT2D eigenvalue weighted by Crippen LogP contribution is 2.19. The van der Waals surface area contributed by atoms with E-state index in [1.807, 2.05) is 50.2 Å². The van der Waals surface area contributed by atoms with Crippen LogP contribution >= 0.6 is 0 Å². The van der Waals surface area contributed by atoms with Gasteiger partial charge < -0.3 is 10.6 Å². The van der Waals surface area contributed by atoms with Crippen LogP contribution in [0.2, 0.25) is 0 Å². The zero-order valence-corrected chi connectivity index (χ0v) is 14.6. The zero-order chi connectivity index (χ0) is 18.5. The first kappa shape index (κ1) is 17.4. The van der Waals surface area contributed by atoms with Gasteiger partial charge >= 0.3 is 0 Å². The average molecular weight is 345 g/mol. The third-order valence-electron chi connectivity index (χ3n) is 4.14. The van der Waals surface area contributed by atoms with Crippen molar-refractivity contribution >= 4 is 23.2 Å². The molecule has 0 atom stereocenters. The molecule has 130 valence electrons. The normalized spacial score (nSPS) is 10.2. The van der Waals surface area contributed by atoms with E-state index in [1.165, 1.54) is 12.3 Å². The maximum atomic E-state index is 12.5. The third kappa shape index (κ3) is 3.95. The molecular formula is C21H19N3O2. The quantitative estimate of drug-likeness (QED) is 0.744. The second-order valence-electron chi connectivity index (χ2n) is 5.95. The summed E-state index contributed by atoms with van der Waals surface area (Å²) in [5.41, 5.74) is 4.07. The molecule has 0 aliphatic carbocycles. The molecule has 0 unspecified atom stereocenters. The number of carbonyl (C=O) groups is 2. The van der Waals surface area contributed by atoms with Gasteiger partial charge in [-0.1, -0.05) is 30.3 Å². The summed E-state index contributed by atoms with van der Waals surface area (Å²) in [6.07, 6.45) is 1.46. The van der Waals surface area contributed by atoms with Gasteiger partial charge in [0.15, 0.2) is 0 Å². The first-order valence-corrected chi connectivity index (χ1v) is 8.24. The molecular weight excluding hydrogens is 326 g/mol. The number of pyridine rings is 1. The van der Waals surface area contributed by atoms with Crippen molar-refractivity contribution in [1.29, 1.82) is 0 Å². The monoisotopic (exact) mass is 345 g/mol. The van der Waals surface area contributed by atoms with E-state index in [0.29, 0.717) is 11.3 Å². The van der Waals surface area contributed by atoms with E-state index < -0.39 is 0 Å². The zero-order valence-electron chi connectivity index (χ0n) is 14.6. The van der Waals surface area contributed by atoms with Crippen LogP contribution in [0.25, 0.3) is 0 Å². The third-order valence-corrected chi connectivity index (χ3v) is 4.14. The number of rotatable bonds is 4. The van der Waals surface area contributed by atoms with Gasteiger partial charge in [-0.15, -0.1) is 0 Å².